The van der Waals surface area contributed by atoms with E-state index >= 15 is 0 Å². The second kappa shape index (κ2) is 7.65. The highest BCUT2D eigenvalue weighted by Gasteiger charge is 2.13. The molecule has 0 aliphatic rings. The van der Waals surface area contributed by atoms with Crippen LogP contribution >= 0.6 is 31.9 Å². The topological polar surface area (TPSA) is 73.1 Å². The normalized spacial score (nSPS) is 11.0. The Morgan fingerprint density at radius 1 is 1.25 bits per heavy atom. The molecule has 0 atom stereocenters. The van der Waals surface area contributed by atoms with Gasteiger partial charge in [0.25, 0.3) is 5.91 Å². The van der Waals surface area contributed by atoms with Gasteiger partial charge in [0.2, 0.25) is 0 Å². The van der Waals surface area contributed by atoms with Gasteiger partial charge < -0.3 is 10.4 Å². The lowest BCUT2D eigenvalue weighted by Gasteiger charge is -2.09. The monoisotopic (exact) mass is 448 g/mol. The molecule has 0 saturated carbocycles. The second-order valence-corrected chi connectivity index (χ2v) is 7.04. The Balaban J connectivity index is 2.36. The largest absolute Gasteiger partial charge is 0.506 e. The van der Waals surface area contributed by atoms with Crippen molar-refractivity contribution in [1.29, 1.82) is 5.26 Å². The van der Waals surface area contributed by atoms with Gasteiger partial charge in [-0.15, -0.1) is 0 Å². The number of aryl methyl sites for hydroxylation is 2. The molecular weight excluding hydrogens is 436 g/mol. The van der Waals surface area contributed by atoms with Gasteiger partial charge in [-0.3, -0.25) is 4.79 Å². The number of nitrogens with zero attached hydrogens (tertiary/aromatic N) is 1. The Bertz CT molecular complexity index is 883. The van der Waals surface area contributed by atoms with Crippen LogP contribution in [0.4, 0.5) is 5.69 Å². The lowest BCUT2D eigenvalue weighted by Crippen LogP contribution is -2.14. The Hall–Kier alpha value is -2.10. The molecule has 0 aliphatic heterocycles. The van der Waals surface area contributed by atoms with Crippen molar-refractivity contribution < 1.29 is 9.90 Å². The van der Waals surface area contributed by atoms with E-state index in [1.165, 1.54) is 6.08 Å². The number of phenols is 1. The molecule has 2 aromatic rings. The lowest BCUT2D eigenvalue weighted by atomic mass is 10.1. The number of hydrogen-bond donors (Lipinski definition) is 2. The maximum atomic E-state index is 12.4. The summed E-state index contributed by atoms with van der Waals surface area (Å²) in [5, 5.41) is 22.1. The van der Waals surface area contributed by atoms with Gasteiger partial charge in [0.05, 0.1) is 4.47 Å². The van der Waals surface area contributed by atoms with Gasteiger partial charge in [0.1, 0.15) is 17.4 Å². The molecule has 1 amide bonds. The fourth-order valence-electron chi connectivity index (χ4n) is 2.06. The number of carbonyl (C=O) groups excluding carboxylic acids is 1. The van der Waals surface area contributed by atoms with E-state index in [-0.39, 0.29) is 11.3 Å². The van der Waals surface area contributed by atoms with Gasteiger partial charge in [-0.1, -0.05) is 28.1 Å². The Morgan fingerprint density at radius 3 is 2.62 bits per heavy atom. The van der Waals surface area contributed by atoms with Crippen LogP contribution < -0.4 is 5.32 Å². The summed E-state index contributed by atoms with van der Waals surface area (Å²) in [6, 6.07) is 10.9. The molecule has 0 aromatic heterocycles. The summed E-state index contributed by atoms with van der Waals surface area (Å²) in [7, 11) is 0. The predicted octanol–water partition coefficient (Wildman–Crippen LogP) is 5.08. The third kappa shape index (κ3) is 4.25. The van der Waals surface area contributed by atoms with Gasteiger partial charge >= 0.3 is 0 Å². The van der Waals surface area contributed by atoms with E-state index in [1.807, 2.05) is 38.1 Å². The molecule has 0 bridgehead atoms. The first-order valence-corrected chi connectivity index (χ1v) is 8.59. The zero-order valence-corrected chi connectivity index (χ0v) is 16.2. The molecule has 2 N–H and O–H groups in total. The quantitative estimate of drug-likeness (QED) is 0.506. The summed E-state index contributed by atoms with van der Waals surface area (Å²) < 4.78 is 1.18. The Morgan fingerprint density at radius 2 is 1.96 bits per heavy atom. The van der Waals surface area contributed by atoms with Crippen LogP contribution in [0.3, 0.4) is 0 Å². The number of halogens is 2. The van der Waals surface area contributed by atoms with Crippen LogP contribution in [0.15, 0.2) is 44.9 Å². The number of rotatable bonds is 3. The van der Waals surface area contributed by atoms with Crippen molar-refractivity contribution in [2.75, 3.05) is 5.32 Å². The lowest BCUT2D eigenvalue weighted by molar-refractivity contribution is -0.112. The molecule has 0 fully saturated rings. The molecule has 2 rings (SSSR count). The van der Waals surface area contributed by atoms with E-state index in [4.69, 9.17) is 0 Å². The molecule has 0 heterocycles. The molecule has 0 aliphatic carbocycles. The second-order valence-electron chi connectivity index (χ2n) is 5.27. The van der Waals surface area contributed by atoms with Gasteiger partial charge in [0.15, 0.2) is 0 Å². The summed E-state index contributed by atoms with van der Waals surface area (Å²) in [4.78, 5) is 12.4. The van der Waals surface area contributed by atoms with Crippen LogP contribution in [0.25, 0.3) is 6.08 Å². The van der Waals surface area contributed by atoms with E-state index in [0.29, 0.717) is 20.2 Å². The highest BCUT2D eigenvalue weighted by molar-refractivity contribution is 9.11. The van der Waals surface area contributed by atoms with Crippen LogP contribution in [0.1, 0.15) is 16.7 Å². The minimum absolute atomic E-state index is 0.0366. The third-order valence-corrected chi connectivity index (χ3v) is 4.43. The Labute approximate surface area is 157 Å². The van der Waals surface area contributed by atoms with Gasteiger partial charge in [0, 0.05) is 15.7 Å². The summed E-state index contributed by atoms with van der Waals surface area (Å²) in [5.74, 6) is -0.563. The first-order valence-electron chi connectivity index (χ1n) is 7.00. The average Bonchev–Trinajstić information content (AvgIpc) is 2.52. The van der Waals surface area contributed by atoms with Crippen molar-refractivity contribution in [1.82, 2.24) is 0 Å². The fraction of sp³-hybridized carbons (Fsp3) is 0.111. The van der Waals surface area contributed by atoms with Crippen molar-refractivity contribution in [3.63, 3.8) is 0 Å². The molecule has 122 valence electrons. The maximum Gasteiger partial charge on any atom is 0.266 e. The molecule has 24 heavy (non-hydrogen) atoms. The van der Waals surface area contributed by atoms with Crippen molar-refractivity contribution in [3.05, 3.63) is 61.5 Å². The number of amides is 1. The number of nitrogens with one attached hydrogen (secondary N) is 1. The third-order valence-electron chi connectivity index (χ3n) is 3.36. The predicted molar refractivity (Wildman–Crippen MR) is 102 cm³/mol. The Kier molecular flexibility index (Phi) is 5.81. The molecule has 6 heteroatoms. The highest BCUT2D eigenvalue weighted by Crippen LogP contribution is 2.33. The van der Waals surface area contributed by atoms with Crippen LogP contribution in [0.2, 0.25) is 0 Å². The van der Waals surface area contributed by atoms with Crippen LogP contribution in [0, 0.1) is 25.2 Å². The zero-order valence-electron chi connectivity index (χ0n) is 13.0. The molecule has 0 radical (unpaired) electrons. The van der Waals surface area contributed by atoms with Crippen LogP contribution in [-0.4, -0.2) is 11.0 Å². The van der Waals surface area contributed by atoms with E-state index in [9.17, 15) is 15.2 Å². The van der Waals surface area contributed by atoms with E-state index in [0.717, 1.165) is 11.1 Å². The number of benzene rings is 2. The number of hydrogen-bond acceptors (Lipinski definition) is 3. The van der Waals surface area contributed by atoms with E-state index in [1.54, 1.807) is 12.1 Å². The summed E-state index contributed by atoms with van der Waals surface area (Å²) in [5.41, 5.74) is 2.83. The highest BCUT2D eigenvalue weighted by atomic mass is 79.9. The molecule has 2 aromatic carbocycles. The molecular formula is C18H14Br2N2O2. The van der Waals surface area contributed by atoms with Crippen molar-refractivity contribution >= 4 is 49.5 Å². The fourth-order valence-corrected chi connectivity index (χ4v) is 3.32. The molecule has 4 nitrogen and oxygen atoms in total. The standard InChI is InChI=1S/C18H14Br2N2O2/c1-10-3-4-11(2)16(5-10)22-18(24)13(9-21)6-12-7-14(19)8-15(20)17(12)23/h3-8,23H,1-2H3,(H,22,24)/b13-6-. The summed E-state index contributed by atoms with van der Waals surface area (Å²) >= 11 is 6.54. The van der Waals surface area contributed by atoms with Crippen molar-refractivity contribution in [2.45, 2.75) is 13.8 Å². The number of nitriles is 1. The summed E-state index contributed by atoms with van der Waals surface area (Å²) in [6.07, 6.45) is 1.35. The van der Waals surface area contributed by atoms with Gasteiger partial charge in [-0.25, -0.2) is 0 Å². The zero-order chi connectivity index (χ0) is 17.9. The molecule has 0 spiro atoms. The van der Waals surface area contributed by atoms with E-state index in [2.05, 4.69) is 37.2 Å². The smallest absolute Gasteiger partial charge is 0.266 e. The minimum Gasteiger partial charge on any atom is -0.506 e. The number of anilines is 1. The van der Waals surface area contributed by atoms with Gasteiger partial charge in [-0.2, -0.15) is 5.26 Å². The van der Waals surface area contributed by atoms with E-state index < -0.39 is 5.91 Å². The van der Waals surface area contributed by atoms with Crippen molar-refractivity contribution in [3.8, 4) is 11.8 Å². The van der Waals surface area contributed by atoms with Gasteiger partial charge in [-0.05, 0) is 65.2 Å². The number of carbonyl (C=O) groups is 1. The van der Waals surface area contributed by atoms with Crippen molar-refractivity contribution in [2.24, 2.45) is 0 Å². The molecule has 0 unspecified atom stereocenters. The number of aromatic hydroxyl groups is 1. The minimum atomic E-state index is -0.526. The number of phenolic OH excluding ortho intramolecular Hbond substituents is 1. The van der Waals surface area contributed by atoms with Crippen LogP contribution in [0.5, 0.6) is 5.75 Å². The van der Waals surface area contributed by atoms with Crippen LogP contribution in [-0.2, 0) is 4.79 Å². The average molecular weight is 450 g/mol. The summed E-state index contributed by atoms with van der Waals surface area (Å²) in [6.45, 7) is 3.80. The molecule has 0 saturated heterocycles. The first kappa shape index (κ1) is 18.2. The SMILES string of the molecule is Cc1ccc(C)c(NC(=O)/C(C#N)=C\c2cc(Br)cc(Br)c2O)c1. The maximum absolute atomic E-state index is 12.4. The first-order chi connectivity index (χ1) is 11.3.